The van der Waals surface area contributed by atoms with Gasteiger partial charge < -0.3 is 14.8 Å². The number of hydrogen-bond donors (Lipinski definition) is 1. The lowest BCUT2D eigenvalue weighted by atomic mass is 10.1. The third-order valence-corrected chi connectivity index (χ3v) is 5.23. The maximum Gasteiger partial charge on any atom is 0.262 e. The van der Waals surface area contributed by atoms with Gasteiger partial charge in [0, 0.05) is 12.3 Å². The molecule has 0 aliphatic carbocycles. The zero-order chi connectivity index (χ0) is 21.3. The van der Waals surface area contributed by atoms with E-state index in [0.717, 1.165) is 24.0 Å². The van der Waals surface area contributed by atoms with E-state index in [0.29, 0.717) is 29.2 Å². The van der Waals surface area contributed by atoms with Crippen LogP contribution in [0.4, 0.5) is 5.69 Å². The van der Waals surface area contributed by atoms with Gasteiger partial charge in [0.05, 0.1) is 23.8 Å². The van der Waals surface area contributed by atoms with E-state index in [9.17, 15) is 14.4 Å². The zero-order valence-corrected chi connectivity index (χ0v) is 17.1. The molecular formula is C23H24N2O5. The Labute approximate surface area is 175 Å². The lowest BCUT2D eigenvalue weighted by Gasteiger charge is -2.17. The maximum atomic E-state index is 12.7. The summed E-state index contributed by atoms with van der Waals surface area (Å²) in [5.41, 5.74) is 3.20. The molecule has 7 nitrogen and oxygen atoms in total. The number of nitrogens with zero attached hydrogens (tertiary/aromatic N) is 1. The van der Waals surface area contributed by atoms with Crippen LogP contribution in [0, 0.1) is 13.8 Å². The van der Waals surface area contributed by atoms with Gasteiger partial charge in [-0.2, -0.15) is 0 Å². The second kappa shape index (κ2) is 8.28. The standard InChI is InChI=1S/C23H24N2O5/c1-14-8-15(2)10-18(9-14)30-13-21(26)24-16-5-6-19-20(11-16)23(28)25(22(19)27)12-17-4-3-7-29-17/h5-6,8-11,17H,3-4,7,12-13H2,1-2H3,(H,24,26). The number of carbonyl (C=O) groups is 3. The molecular weight excluding hydrogens is 384 g/mol. The number of rotatable bonds is 6. The Bertz CT molecular complexity index is 990. The predicted octanol–water partition coefficient (Wildman–Crippen LogP) is 3.10. The number of amides is 3. The van der Waals surface area contributed by atoms with Gasteiger partial charge >= 0.3 is 0 Å². The molecule has 1 unspecified atom stereocenters. The van der Waals surface area contributed by atoms with Gasteiger partial charge in [-0.1, -0.05) is 6.07 Å². The molecule has 7 heteroatoms. The van der Waals surface area contributed by atoms with Crippen LogP contribution < -0.4 is 10.1 Å². The number of anilines is 1. The van der Waals surface area contributed by atoms with Crippen molar-refractivity contribution in [2.45, 2.75) is 32.8 Å². The molecule has 0 spiro atoms. The normalized spacial score (nSPS) is 17.9. The lowest BCUT2D eigenvalue weighted by molar-refractivity contribution is -0.118. The second-order valence-corrected chi connectivity index (χ2v) is 7.78. The van der Waals surface area contributed by atoms with Crippen molar-refractivity contribution < 1.29 is 23.9 Å². The molecule has 30 heavy (non-hydrogen) atoms. The summed E-state index contributed by atoms with van der Waals surface area (Å²) in [5.74, 6) is -0.390. The Morgan fingerprint density at radius 1 is 1.10 bits per heavy atom. The third-order valence-electron chi connectivity index (χ3n) is 5.23. The Morgan fingerprint density at radius 2 is 1.83 bits per heavy atom. The number of nitrogens with one attached hydrogen (secondary N) is 1. The molecule has 1 N–H and O–H groups in total. The fourth-order valence-corrected chi connectivity index (χ4v) is 3.89. The van der Waals surface area contributed by atoms with Crippen LogP contribution in [0.3, 0.4) is 0 Å². The third kappa shape index (κ3) is 4.21. The summed E-state index contributed by atoms with van der Waals surface area (Å²) in [7, 11) is 0. The molecule has 156 valence electrons. The summed E-state index contributed by atoms with van der Waals surface area (Å²) in [5, 5.41) is 2.72. The van der Waals surface area contributed by atoms with Crippen molar-refractivity contribution in [2.24, 2.45) is 0 Å². The fraction of sp³-hybridized carbons (Fsp3) is 0.348. The van der Waals surface area contributed by atoms with E-state index in [1.165, 1.54) is 4.90 Å². The van der Waals surface area contributed by atoms with Crippen LogP contribution in [0.5, 0.6) is 5.75 Å². The number of aryl methyl sites for hydroxylation is 2. The average molecular weight is 408 g/mol. The van der Waals surface area contributed by atoms with Crippen LogP contribution in [-0.2, 0) is 9.53 Å². The fourth-order valence-electron chi connectivity index (χ4n) is 3.89. The van der Waals surface area contributed by atoms with Crippen LogP contribution in [0.1, 0.15) is 44.7 Å². The highest BCUT2D eigenvalue weighted by Gasteiger charge is 2.37. The number of carbonyl (C=O) groups excluding carboxylic acids is 3. The SMILES string of the molecule is Cc1cc(C)cc(OCC(=O)Nc2ccc3c(c2)C(=O)N(CC2CCCO2)C3=O)c1. The van der Waals surface area contributed by atoms with E-state index in [1.54, 1.807) is 18.2 Å². The molecule has 0 radical (unpaired) electrons. The van der Waals surface area contributed by atoms with Gasteiger partial charge in [-0.3, -0.25) is 19.3 Å². The molecule has 4 rings (SSSR count). The molecule has 3 amide bonds. The van der Waals surface area contributed by atoms with Crippen molar-refractivity contribution in [3.05, 3.63) is 58.7 Å². The highest BCUT2D eigenvalue weighted by molar-refractivity contribution is 6.21. The van der Waals surface area contributed by atoms with Gasteiger partial charge in [0.15, 0.2) is 6.61 Å². The molecule has 0 bridgehead atoms. The minimum Gasteiger partial charge on any atom is -0.484 e. The first-order valence-corrected chi connectivity index (χ1v) is 10.0. The van der Waals surface area contributed by atoms with Gasteiger partial charge in [-0.25, -0.2) is 0 Å². The van der Waals surface area contributed by atoms with Crippen LogP contribution in [0.25, 0.3) is 0 Å². The molecule has 2 aromatic rings. The molecule has 1 atom stereocenters. The Kier molecular flexibility index (Phi) is 5.55. The first-order valence-electron chi connectivity index (χ1n) is 10.0. The number of ether oxygens (including phenoxy) is 2. The average Bonchev–Trinajstić information content (AvgIpc) is 3.29. The lowest BCUT2D eigenvalue weighted by Crippen LogP contribution is -2.36. The number of imide groups is 1. The predicted molar refractivity (Wildman–Crippen MR) is 111 cm³/mol. The second-order valence-electron chi connectivity index (χ2n) is 7.78. The van der Waals surface area contributed by atoms with Crippen molar-refractivity contribution in [1.29, 1.82) is 0 Å². The van der Waals surface area contributed by atoms with E-state index in [-0.39, 0.29) is 37.0 Å². The number of hydrogen-bond acceptors (Lipinski definition) is 5. The van der Waals surface area contributed by atoms with Crippen molar-refractivity contribution in [2.75, 3.05) is 25.1 Å². The van der Waals surface area contributed by atoms with E-state index in [1.807, 2.05) is 32.0 Å². The first-order chi connectivity index (χ1) is 14.4. The summed E-state index contributed by atoms with van der Waals surface area (Å²) in [6.45, 7) is 4.69. The zero-order valence-electron chi connectivity index (χ0n) is 17.1. The molecule has 2 aromatic carbocycles. The van der Waals surface area contributed by atoms with Crippen molar-refractivity contribution >= 4 is 23.4 Å². The highest BCUT2D eigenvalue weighted by atomic mass is 16.5. The number of fused-ring (bicyclic) bond motifs is 1. The van der Waals surface area contributed by atoms with Gasteiger partial charge in [0.2, 0.25) is 0 Å². The van der Waals surface area contributed by atoms with Crippen LogP contribution >= 0.6 is 0 Å². The largest absolute Gasteiger partial charge is 0.484 e. The van der Waals surface area contributed by atoms with E-state index in [4.69, 9.17) is 9.47 Å². The summed E-state index contributed by atoms with van der Waals surface area (Å²) < 4.78 is 11.1. The molecule has 2 heterocycles. The monoisotopic (exact) mass is 408 g/mol. The van der Waals surface area contributed by atoms with Crippen molar-refractivity contribution in [3.63, 3.8) is 0 Å². The minimum absolute atomic E-state index is 0.103. The highest BCUT2D eigenvalue weighted by Crippen LogP contribution is 2.27. The summed E-state index contributed by atoms with van der Waals surface area (Å²) in [4.78, 5) is 38.8. The minimum atomic E-state index is -0.354. The molecule has 1 saturated heterocycles. The molecule has 1 fully saturated rings. The van der Waals surface area contributed by atoms with Gasteiger partial charge in [0.1, 0.15) is 5.75 Å². The molecule has 0 aromatic heterocycles. The quantitative estimate of drug-likeness (QED) is 0.743. The van der Waals surface area contributed by atoms with Crippen molar-refractivity contribution in [3.8, 4) is 5.75 Å². The van der Waals surface area contributed by atoms with E-state index in [2.05, 4.69) is 5.32 Å². The molecule has 0 saturated carbocycles. The van der Waals surface area contributed by atoms with Gasteiger partial charge in [-0.05, 0) is 68.1 Å². The maximum absolute atomic E-state index is 12.7. The van der Waals surface area contributed by atoms with Crippen LogP contribution in [0.15, 0.2) is 36.4 Å². The molecule has 2 aliphatic rings. The van der Waals surface area contributed by atoms with E-state index < -0.39 is 0 Å². The van der Waals surface area contributed by atoms with Gasteiger partial charge in [0.25, 0.3) is 17.7 Å². The first kappa shape index (κ1) is 20.1. The summed E-state index contributed by atoms with van der Waals surface area (Å²) in [6, 6.07) is 10.5. The van der Waals surface area contributed by atoms with Crippen molar-refractivity contribution in [1.82, 2.24) is 4.90 Å². The summed E-state index contributed by atoms with van der Waals surface area (Å²) in [6.07, 6.45) is 1.68. The van der Waals surface area contributed by atoms with E-state index >= 15 is 0 Å². The molecule has 2 aliphatic heterocycles. The smallest absolute Gasteiger partial charge is 0.262 e. The van der Waals surface area contributed by atoms with Crippen LogP contribution in [0.2, 0.25) is 0 Å². The van der Waals surface area contributed by atoms with Gasteiger partial charge in [-0.15, -0.1) is 0 Å². The Morgan fingerprint density at radius 3 is 2.53 bits per heavy atom. The number of benzene rings is 2. The topological polar surface area (TPSA) is 84.9 Å². The Hall–Kier alpha value is -3.19. The van der Waals surface area contributed by atoms with Crippen LogP contribution in [-0.4, -0.2) is 48.5 Å². The summed E-state index contributed by atoms with van der Waals surface area (Å²) >= 11 is 0. The Balaban J connectivity index is 1.40.